The molecule has 3 nitrogen and oxygen atoms in total. The van der Waals surface area contributed by atoms with E-state index in [1.807, 2.05) is 6.20 Å². The first-order valence-electron chi connectivity index (χ1n) is 6.18. The molecule has 0 aliphatic carbocycles. The molecule has 0 amide bonds. The van der Waals surface area contributed by atoms with Gasteiger partial charge in [0.2, 0.25) is 0 Å². The van der Waals surface area contributed by atoms with Crippen molar-refractivity contribution >= 4 is 11.3 Å². The zero-order valence-electron chi connectivity index (χ0n) is 10.2. The van der Waals surface area contributed by atoms with Crippen molar-refractivity contribution in [1.82, 2.24) is 15.2 Å². The van der Waals surface area contributed by atoms with Gasteiger partial charge in [0.05, 0.1) is 5.54 Å². The van der Waals surface area contributed by atoms with Crippen molar-refractivity contribution in [3.8, 4) is 0 Å². The molecule has 1 aromatic rings. The predicted octanol–water partition coefficient (Wildman–Crippen LogP) is 2.06. The molecule has 1 aliphatic heterocycles. The summed E-state index contributed by atoms with van der Waals surface area (Å²) in [5.41, 5.74) is 0.147. The zero-order chi connectivity index (χ0) is 11.4. The summed E-state index contributed by atoms with van der Waals surface area (Å²) in [5, 5.41) is 7.02. The number of aromatic nitrogens is 1. The minimum absolute atomic E-state index is 0.147. The summed E-state index contributed by atoms with van der Waals surface area (Å²) in [6, 6.07) is 0. The molecule has 1 saturated heterocycles. The Morgan fingerprint density at radius 3 is 2.69 bits per heavy atom. The molecule has 1 aromatic heterocycles. The van der Waals surface area contributed by atoms with E-state index in [1.165, 1.54) is 37.5 Å². The van der Waals surface area contributed by atoms with Crippen LogP contribution >= 0.6 is 11.3 Å². The molecule has 0 spiro atoms. The van der Waals surface area contributed by atoms with E-state index in [2.05, 4.69) is 34.4 Å². The van der Waals surface area contributed by atoms with Crippen LogP contribution in [0.4, 0.5) is 0 Å². The zero-order valence-corrected chi connectivity index (χ0v) is 11.0. The van der Waals surface area contributed by atoms with Gasteiger partial charge in [0.25, 0.3) is 0 Å². The first-order valence-corrected chi connectivity index (χ1v) is 7.06. The fraction of sp³-hybridized carbons (Fsp3) is 0.750. The number of nitrogens with one attached hydrogen (secondary N) is 1. The van der Waals surface area contributed by atoms with Crippen molar-refractivity contribution in [3.63, 3.8) is 0 Å². The van der Waals surface area contributed by atoms with Crippen molar-refractivity contribution < 1.29 is 0 Å². The van der Waals surface area contributed by atoms with Crippen molar-refractivity contribution in [1.29, 1.82) is 0 Å². The molecule has 1 N–H and O–H groups in total. The Kier molecular flexibility index (Phi) is 3.95. The van der Waals surface area contributed by atoms with Crippen molar-refractivity contribution in [2.24, 2.45) is 0 Å². The monoisotopic (exact) mass is 239 g/mol. The Morgan fingerprint density at radius 1 is 1.44 bits per heavy atom. The van der Waals surface area contributed by atoms with Crippen LogP contribution in [0.5, 0.6) is 0 Å². The van der Waals surface area contributed by atoms with Gasteiger partial charge >= 0.3 is 0 Å². The summed E-state index contributed by atoms with van der Waals surface area (Å²) in [7, 11) is 0. The van der Waals surface area contributed by atoms with E-state index in [1.54, 1.807) is 11.3 Å². The molecule has 1 fully saturated rings. The SMILES string of the molecule is CCNC1(c2nccs2)CCN(CC)CC1. The van der Waals surface area contributed by atoms with E-state index < -0.39 is 0 Å². The second-order valence-corrected chi connectivity index (χ2v) is 5.28. The topological polar surface area (TPSA) is 28.2 Å². The third-order valence-electron chi connectivity index (χ3n) is 3.51. The van der Waals surface area contributed by atoms with Gasteiger partial charge in [0.15, 0.2) is 0 Å². The number of piperidine rings is 1. The Labute approximate surface area is 102 Å². The van der Waals surface area contributed by atoms with Crippen LogP contribution in [-0.2, 0) is 5.54 Å². The van der Waals surface area contributed by atoms with E-state index in [-0.39, 0.29) is 5.54 Å². The molecule has 0 aromatic carbocycles. The Morgan fingerprint density at radius 2 is 2.19 bits per heavy atom. The second-order valence-electron chi connectivity index (χ2n) is 4.38. The lowest BCUT2D eigenvalue weighted by molar-refractivity contribution is 0.140. The fourth-order valence-corrected chi connectivity index (χ4v) is 3.39. The van der Waals surface area contributed by atoms with Crippen molar-refractivity contribution in [3.05, 3.63) is 16.6 Å². The summed E-state index contributed by atoms with van der Waals surface area (Å²) in [6.07, 6.45) is 4.29. The summed E-state index contributed by atoms with van der Waals surface area (Å²) in [5.74, 6) is 0. The van der Waals surface area contributed by atoms with Crippen LogP contribution < -0.4 is 5.32 Å². The van der Waals surface area contributed by atoms with Gasteiger partial charge in [0.1, 0.15) is 5.01 Å². The maximum absolute atomic E-state index is 4.52. The minimum Gasteiger partial charge on any atom is -0.306 e. The van der Waals surface area contributed by atoms with E-state index in [0.29, 0.717) is 0 Å². The van der Waals surface area contributed by atoms with Crippen LogP contribution in [0, 0.1) is 0 Å². The van der Waals surface area contributed by atoms with Crippen LogP contribution in [-0.4, -0.2) is 36.1 Å². The number of likely N-dealkylation sites (tertiary alicyclic amines) is 1. The van der Waals surface area contributed by atoms with E-state index in [4.69, 9.17) is 0 Å². The van der Waals surface area contributed by atoms with Crippen molar-refractivity contribution in [2.45, 2.75) is 32.2 Å². The second kappa shape index (κ2) is 5.25. The maximum atomic E-state index is 4.52. The lowest BCUT2D eigenvalue weighted by Gasteiger charge is -2.40. The van der Waals surface area contributed by atoms with Gasteiger partial charge in [-0.3, -0.25) is 0 Å². The average molecular weight is 239 g/mol. The molecule has 0 unspecified atom stereocenters. The molecule has 0 saturated carbocycles. The molecule has 1 aliphatic rings. The van der Waals surface area contributed by atoms with Gasteiger partial charge in [-0.15, -0.1) is 11.3 Å². The largest absolute Gasteiger partial charge is 0.306 e. The van der Waals surface area contributed by atoms with Gasteiger partial charge in [0, 0.05) is 24.7 Å². The van der Waals surface area contributed by atoms with Gasteiger partial charge in [-0.2, -0.15) is 0 Å². The normalized spacial score (nSPS) is 21.1. The van der Waals surface area contributed by atoms with Gasteiger partial charge in [-0.05, 0) is 25.9 Å². The highest BCUT2D eigenvalue weighted by molar-refractivity contribution is 7.09. The van der Waals surface area contributed by atoms with Gasteiger partial charge in [-0.25, -0.2) is 4.98 Å². The van der Waals surface area contributed by atoms with E-state index in [9.17, 15) is 0 Å². The number of rotatable bonds is 4. The number of nitrogens with zero attached hydrogens (tertiary/aromatic N) is 2. The van der Waals surface area contributed by atoms with Crippen LogP contribution in [0.25, 0.3) is 0 Å². The molecule has 0 radical (unpaired) electrons. The van der Waals surface area contributed by atoms with Crippen LogP contribution in [0.3, 0.4) is 0 Å². The molecule has 0 atom stereocenters. The number of thiazole rings is 1. The average Bonchev–Trinajstić information content (AvgIpc) is 2.84. The Balaban J connectivity index is 2.12. The van der Waals surface area contributed by atoms with Crippen LogP contribution in [0.15, 0.2) is 11.6 Å². The Bertz CT molecular complexity index is 302. The summed E-state index contributed by atoms with van der Waals surface area (Å²) in [6.45, 7) is 8.98. The van der Waals surface area contributed by atoms with Crippen molar-refractivity contribution in [2.75, 3.05) is 26.2 Å². The standard InChI is InChI=1S/C12H21N3S/c1-3-14-12(11-13-7-10-16-11)5-8-15(4-2)9-6-12/h7,10,14H,3-6,8-9H2,1-2H3. The fourth-order valence-electron chi connectivity index (χ4n) is 2.52. The smallest absolute Gasteiger partial charge is 0.113 e. The molecule has 0 bridgehead atoms. The quantitative estimate of drug-likeness (QED) is 0.872. The first-order chi connectivity index (χ1) is 7.80. The molecular formula is C12H21N3S. The highest BCUT2D eigenvalue weighted by Crippen LogP contribution is 2.33. The summed E-state index contributed by atoms with van der Waals surface area (Å²) < 4.78 is 0. The van der Waals surface area contributed by atoms with E-state index in [0.717, 1.165) is 6.54 Å². The van der Waals surface area contributed by atoms with E-state index >= 15 is 0 Å². The third-order valence-corrected chi connectivity index (χ3v) is 4.49. The highest BCUT2D eigenvalue weighted by atomic mass is 32.1. The first kappa shape index (κ1) is 12.0. The number of hydrogen-bond acceptors (Lipinski definition) is 4. The van der Waals surface area contributed by atoms with Gasteiger partial charge in [-0.1, -0.05) is 13.8 Å². The lowest BCUT2D eigenvalue weighted by Crippen LogP contribution is -2.51. The molecule has 4 heteroatoms. The van der Waals surface area contributed by atoms with Crippen LogP contribution in [0.1, 0.15) is 31.7 Å². The molecule has 2 rings (SSSR count). The summed E-state index contributed by atoms with van der Waals surface area (Å²) in [4.78, 5) is 7.04. The molecular weight excluding hydrogens is 218 g/mol. The third kappa shape index (κ3) is 2.29. The lowest BCUT2D eigenvalue weighted by atomic mass is 9.88. The highest BCUT2D eigenvalue weighted by Gasteiger charge is 2.36. The maximum Gasteiger partial charge on any atom is 0.113 e. The molecule has 90 valence electrons. The molecule has 16 heavy (non-hydrogen) atoms. The summed E-state index contributed by atoms with van der Waals surface area (Å²) >= 11 is 1.78. The minimum atomic E-state index is 0.147. The van der Waals surface area contributed by atoms with Gasteiger partial charge < -0.3 is 10.2 Å². The van der Waals surface area contributed by atoms with Crippen LogP contribution in [0.2, 0.25) is 0 Å². The number of hydrogen-bond donors (Lipinski definition) is 1. The Hall–Kier alpha value is -0.450. The molecule has 2 heterocycles. The predicted molar refractivity (Wildman–Crippen MR) is 68.8 cm³/mol.